The van der Waals surface area contributed by atoms with Gasteiger partial charge in [-0.1, -0.05) is 48.0 Å². The Balaban J connectivity index is 1.98. The van der Waals surface area contributed by atoms with Crippen molar-refractivity contribution in [3.63, 3.8) is 0 Å². The zero-order valence-electron chi connectivity index (χ0n) is 17.1. The smallest absolute Gasteiger partial charge is 0.160 e. The molecular formula is C25H25N3. The first-order valence-corrected chi connectivity index (χ1v) is 9.57. The van der Waals surface area contributed by atoms with E-state index in [1.165, 1.54) is 22.4 Å². The number of aryl methyl sites for hydroxylation is 3. The molecule has 3 nitrogen and oxygen atoms in total. The molecular weight excluding hydrogens is 342 g/mol. The number of benzene rings is 3. The van der Waals surface area contributed by atoms with E-state index >= 15 is 0 Å². The van der Waals surface area contributed by atoms with Crippen LogP contribution in [-0.2, 0) is 0 Å². The summed E-state index contributed by atoms with van der Waals surface area (Å²) in [7, 11) is 4.13. The minimum absolute atomic E-state index is 0.787. The van der Waals surface area contributed by atoms with Crippen molar-refractivity contribution in [3.05, 3.63) is 77.4 Å². The lowest BCUT2D eigenvalue weighted by molar-refractivity contribution is 1.12. The van der Waals surface area contributed by atoms with Gasteiger partial charge in [0.15, 0.2) is 5.82 Å². The highest BCUT2D eigenvalue weighted by Crippen LogP contribution is 2.33. The van der Waals surface area contributed by atoms with Gasteiger partial charge in [0.1, 0.15) is 0 Å². The van der Waals surface area contributed by atoms with Gasteiger partial charge in [0.05, 0.1) is 11.2 Å². The molecule has 0 atom stereocenters. The van der Waals surface area contributed by atoms with Crippen LogP contribution in [0.25, 0.3) is 33.5 Å². The number of hydrogen-bond donors (Lipinski definition) is 0. The third-order valence-corrected chi connectivity index (χ3v) is 5.19. The molecule has 0 radical (unpaired) electrons. The average Bonchev–Trinajstić information content (AvgIpc) is 2.67. The fraction of sp³-hybridized carbons (Fsp3) is 0.200. The summed E-state index contributed by atoms with van der Waals surface area (Å²) in [6, 6.07) is 21.2. The quantitative estimate of drug-likeness (QED) is 0.448. The lowest BCUT2D eigenvalue weighted by Gasteiger charge is -2.18. The Morgan fingerprint density at radius 3 is 2.04 bits per heavy atom. The van der Waals surface area contributed by atoms with Gasteiger partial charge in [-0.15, -0.1) is 0 Å². The van der Waals surface area contributed by atoms with Crippen molar-refractivity contribution in [1.82, 2.24) is 9.97 Å². The minimum Gasteiger partial charge on any atom is -0.378 e. The molecule has 140 valence electrons. The highest BCUT2D eigenvalue weighted by atomic mass is 15.1. The molecule has 0 saturated carbocycles. The van der Waals surface area contributed by atoms with Gasteiger partial charge in [0.2, 0.25) is 0 Å². The molecule has 0 bridgehead atoms. The van der Waals surface area contributed by atoms with Gasteiger partial charge in [-0.3, -0.25) is 0 Å². The number of fused-ring (bicyclic) bond motifs is 1. The fourth-order valence-electron chi connectivity index (χ4n) is 3.67. The van der Waals surface area contributed by atoms with Gasteiger partial charge in [-0.25, -0.2) is 9.97 Å². The van der Waals surface area contributed by atoms with E-state index in [0.717, 1.165) is 33.5 Å². The minimum atomic E-state index is 0.787. The number of anilines is 1. The fourth-order valence-corrected chi connectivity index (χ4v) is 3.67. The van der Waals surface area contributed by atoms with Crippen LogP contribution < -0.4 is 4.90 Å². The molecule has 3 aromatic carbocycles. The van der Waals surface area contributed by atoms with Crippen LogP contribution in [0.2, 0.25) is 0 Å². The predicted octanol–water partition coefficient (Wildman–Crippen LogP) is 5.96. The van der Waals surface area contributed by atoms with Gasteiger partial charge >= 0.3 is 0 Å². The molecule has 0 aliphatic rings. The Bertz CT molecular complexity index is 1140. The molecule has 3 heteroatoms. The summed E-state index contributed by atoms with van der Waals surface area (Å²) in [5, 5.41) is 1.08. The van der Waals surface area contributed by atoms with Crippen LogP contribution in [0.4, 0.5) is 5.69 Å². The van der Waals surface area contributed by atoms with Crippen molar-refractivity contribution < 1.29 is 0 Å². The van der Waals surface area contributed by atoms with E-state index in [4.69, 9.17) is 9.97 Å². The predicted molar refractivity (Wildman–Crippen MR) is 119 cm³/mol. The van der Waals surface area contributed by atoms with E-state index in [0.29, 0.717) is 0 Å². The Kier molecular flexibility index (Phi) is 4.60. The van der Waals surface area contributed by atoms with Gasteiger partial charge in [-0.2, -0.15) is 0 Å². The molecule has 0 aliphatic carbocycles. The highest BCUT2D eigenvalue weighted by molar-refractivity contribution is 5.94. The number of rotatable bonds is 3. The molecule has 0 N–H and O–H groups in total. The first-order valence-electron chi connectivity index (χ1n) is 9.57. The number of para-hydroxylation sites is 1. The first kappa shape index (κ1) is 18.2. The third kappa shape index (κ3) is 3.24. The molecule has 0 aliphatic heterocycles. The lowest BCUT2D eigenvalue weighted by Crippen LogP contribution is -2.09. The Labute approximate surface area is 166 Å². The number of hydrogen-bond acceptors (Lipinski definition) is 3. The third-order valence-electron chi connectivity index (χ3n) is 5.19. The van der Waals surface area contributed by atoms with Crippen LogP contribution in [0, 0.1) is 20.8 Å². The zero-order valence-corrected chi connectivity index (χ0v) is 17.1. The van der Waals surface area contributed by atoms with Crippen molar-refractivity contribution >= 4 is 16.6 Å². The van der Waals surface area contributed by atoms with Gasteiger partial charge in [0.25, 0.3) is 0 Å². The van der Waals surface area contributed by atoms with Crippen molar-refractivity contribution in [2.24, 2.45) is 0 Å². The van der Waals surface area contributed by atoms with Crippen LogP contribution in [0.1, 0.15) is 16.7 Å². The van der Waals surface area contributed by atoms with E-state index in [1.807, 2.05) is 12.1 Å². The van der Waals surface area contributed by atoms with E-state index < -0.39 is 0 Å². The molecule has 0 fully saturated rings. The van der Waals surface area contributed by atoms with E-state index in [1.54, 1.807) is 0 Å². The van der Waals surface area contributed by atoms with E-state index in [-0.39, 0.29) is 0 Å². The van der Waals surface area contributed by atoms with Crippen LogP contribution in [-0.4, -0.2) is 24.1 Å². The van der Waals surface area contributed by atoms with Crippen LogP contribution >= 0.6 is 0 Å². The van der Waals surface area contributed by atoms with Crippen molar-refractivity contribution in [2.75, 3.05) is 19.0 Å². The van der Waals surface area contributed by atoms with Gasteiger partial charge in [0, 0.05) is 36.3 Å². The van der Waals surface area contributed by atoms with Crippen molar-refractivity contribution in [3.8, 4) is 22.6 Å². The Morgan fingerprint density at radius 1 is 0.750 bits per heavy atom. The van der Waals surface area contributed by atoms with Crippen molar-refractivity contribution in [2.45, 2.75) is 20.8 Å². The summed E-state index contributed by atoms with van der Waals surface area (Å²) in [6.07, 6.45) is 0. The molecule has 1 heterocycles. The summed E-state index contributed by atoms with van der Waals surface area (Å²) in [5.74, 6) is 0.787. The number of nitrogens with zero attached hydrogens (tertiary/aromatic N) is 3. The Morgan fingerprint density at radius 2 is 1.39 bits per heavy atom. The topological polar surface area (TPSA) is 29.0 Å². The summed E-state index contributed by atoms with van der Waals surface area (Å²) < 4.78 is 0. The maximum Gasteiger partial charge on any atom is 0.160 e. The highest BCUT2D eigenvalue weighted by Gasteiger charge is 2.15. The average molecular weight is 367 g/mol. The standard InChI is InChI=1S/C25H25N3/c1-16-10-12-19(13-11-16)24-21-8-6-7-9-22(21)26-25(27-24)23-17(2)14-20(28(4)5)15-18(23)3/h6-15H,1-5H3. The second-order valence-electron chi connectivity index (χ2n) is 7.63. The molecule has 0 amide bonds. The first-order chi connectivity index (χ1) is 13.4. The van der Waals surface area contributed by atoms with E-state index in [9.17, 15) is 0 Å². The van der Waals surface area contributed by atoms with Crippen LogP contribution in [0.15, 0.2) is 60.7 Å². The Hall–Kier alpha value is -3.20. The molecule has 1 aromatic heterocycles. The summed E-state index contributed by atoms with van der Waals surface area (Å²) in [4.78, 5) is 12.1. The summed E-state index contributed by atoms with van der Waals surface area (Å²) in [6.45, 7) is 6.38. The molecule has 0 saturated heterocycles. The van der Waals surface area contributed by atoms with Crippen molar-refractivity contribution in [1.29, 1.82) is 0 Å². The van der Waals surface area contributed by atoms with E-state index in [2.05, 4.69) is 88.3 Å². The summed E-state index contributed by atoms with van der Waals surface area (Å²) >= 11 is 0. The molecule has 0 spiro atoms. The van der Waals surface area contributed by atoms with Crippen LogP contribution in [0.3, 0.4) is 0 Å². The molecule has 28 heavy (non-hydrogen) atoms. The SMILES string of the molecule is Cc1ccc(-c2nc(-c3c(C)cc(N(C)C)cc3C)nc3ccccc23)cc1. The second kappa shape index (κ2) is 7.08. The van der Waals surface area contributed by atoms with Crippen LogP contribution in [0.5, 0.6) is 0 Å². The largest absolute Gasteiger partial charge is 0.378 e. The van der Waals surface area contributed by atoms with Gasteiger partial charge in [-0.05, 0) is 50.1 Å². The molecule has 4 aromatic rings. The molecule has 4 rings (SSSR count). The maximum absolute atomic E-state index is 5.04. The number of aromatic nitrogens is 2. The lowest BCUT2D eigenvalue weighted by atomic mass is 9.99. The normalized spacial score (nSPS) is 11.0. The maximum atomic E-state index is 5.04. The monoisotopic (exact) mass is 367 g/mol. The zero-order chi connectivity index (χ0) is 19.8. The molecule has 0 unspecified atom stereocenters. The summed E-state index contributed by atoms with van der Waals surface area (Å²) in [5.41, 5.74) is 9.00. The second-order valence-corrected chi connectivity index (χ2v) is 7.63. The van der Waals surface area contributed by atoms with Gasteiger partial charge < -0.3 is 4.90 Å².